The summed E-state index contributed by atoms with van der Waals surface area (Å²) in [5, 5.41) is 6.25. The normalized spacial score (nSPS) is 22.1. The summed E-state index contributed by atoms with van der Waals surface area (Å²) in [7, 11) is 0. The number of carbonyl (C=O) groups is 2. The van der Waals surface area contributed by atoms with E-state index in [1.807, 2.05) is 41.3 Å². The van der Waals surface area contributed by atoms with E-state index in [9.17, 15) is 9.59 Å². The number of piperidine rings is 1. The van der Waals surface area contributed by atoms with Gasteiger partial charge in [0.1, 0.15) is 12.4 Å². The standard InChI is InChI=1S/C25H29BrN4O3/c26-22-5-6-23-21(11-22)15-28-16-25(32)30-9-7-19(20(17-30)4-2-10-33-23)12-24(31)29-14-18-3-1-8-27-13-18/h1-6,8,11,13,19-20,28H,7,9-10,12,14-17H2,(H,29,31)/b4-2-/t19-,20-/m0/s1. The maximum absolute atomic E-state index is 12.8. The maximum atomic E-state index is 12.8. The van der Waals surface area contributed by atoms with E-state index in [1.165, 1.54) is 0 Å². The van der Waals surface area contributed by atoms with Gasteiger partial charge in [-0.05, 0) is 48.1 Å². The first-order valence-corrected chi connectivity index (χ1v) is 12.1. The van der Waals surface area contributed by atoms with Gasteiger partial charge in [0.05, 0.1) is 6.54 Å². The molecule has 33 heavy (non-hydrogen) atoms. The van der Waals surface area contributed by atoms with Crippen LogP contribution in [0.3, 0.4) is 0 Å². The molecule has 1 fully saturated rings. The van der Waals surface area contributed by atoms with E-state index >= 15 is 0 Å². The number of rotatable bonds is 4. The topological polar surface area (TPSA) is 83.6 Å². The van der Waals surface area contributed by atoms with Gasteiger partial charge in [-0.3, -0.25) is 14.6 Å². The molecule has 2 N–H and O–H groups in total. The minimum atomic E-state index is 0.0253. The molecule has 3 heterocycles. The van der Waals surface area contributed by atoms with Crippen molar-refractivity contribution in [1.29, 1.82) is 0 Å². The lowest BCUT2D eigenvalue weighted by Gasteiger charge is -2.37. The average Bonchev–Trinajstić information content (AvgIpc) is 2.83. The van der Waals surface area contributed by atoms with E-state index in [4.69, 9.17) is 4.74 Å². The lowest BCUT2D eigenvalue weighted by atomic mass is 9.82. The summed E-state index contributed by atoms with van der Waals surface area (Å²) in [6.07, 6.45) is 8.84. The van der Waals surface area contributed by atoms with E-state index < -0.39 is 0 Å². The van der Waals surface area contributed by atoms with Crippen LogP contribution in [-0.4, -0.2) is 47.9 Å². The number of carbonyl (C=O) groups excluding carboxylic acids is 2. The van der Waals surface area contributed by atoms with Crippen LogP contribution in [0.15, 0.2) is 59.4 Å². The molecule has 8 heteroatoms. The fourth-order valence-corrected chi connectivity index (χ4v) is 4.76. The molecule has 0 unspecified atom stereocenters. The highest BCUT2D eigenvalue weighted by atomic mass is 79.9. The van der Waals surface area contributed by atoms with Crippen LogP contribution in [0.2, 0.25) is 0 Å². The van der Waals surface area contributed by atoms with Gasteiger partial charge in [-0.2, -0.15) is 0 Å². The molecule has 2 aliphatic heterocycles. The quantitative estimate of drug-likeness (QED) is 0.615. The number of pyridine rings is 1. The minimum Gasteiger partial charge on any atom is -0.489 e. The average molecular weight is 513 g/mol. The SMILES string of the molecule is O=C(C[C@@H]1CCN2C[C@@H]1/C=C\COc1ccc(Br)cc1CNCC2=O)NCc1cccnc1. The number of nitrogens with one attached hydrogen (secondary N) is 2. The van der Waals surface area contributed by atoms with Crippen LogP contribution in [0.25, 0.3) is 0 Å². The molecule has 0 spiro atoms. The molecule has 1 aromatic carbocycles. The molecule has 0 aliphatic carbocycles. The molecule has 0 saturated carbocycles. The van der Waals surface area contributed by atoms with Crippen molar-refractivity contribution in [2.24, 2.45) is 11.8 Å². The fraction of sp³-hybridized carbons (Fsp3) is 0.400. The Kier molecular flexibility index (Phi) is 8.12. The maximum Gasteiger partial charge on any atom is 0.236 e. The largest absolute Gasteiger partial charge is 0.489 e. The van der Waals surface area contributed by atoms with E-state index in [1.54, 1.807) is 12.4 Å². The van der Waals surface area contributed by atoms with Crippen LogP contribution in [0, 0.1) is 11.8 Å². The Morgan fingerprint density at radius 3 is 3.06 bits per heavy atom. The van der Waals surface area contributed by atoms with Gasteiger partial charge >= 0.3 is 0 Å². The van der Waals surface area contributed by atoms with Crippen molar-refractivity contribution in [3.05, 3.63) is 70.5 Å². The molecule has 0 radical (unpaired) electrons. The summed E-state index contributed by atoms with van der Waals surface area (Å²) in [6.45, 7) is 3.04. The third-order valence-corrected chi connectivity index (χ3v) is 6.65. The molecule has 174 valence electrons. The number of hydrogen-bond donors (Lipinski definition) is 2. The van der Waals surface area contributed by atoms with Gasteiger partial charge in [0.15, 0.2) is 0 Å². The van der Waals surface area contributed by atoms with Crippen molar-refractivity contribution in [2.45, 2.75) is 25.9 Å². The van der Waals surface area contributed by atoms with E-state index in [2.05, 4.69) is 37.6 Å². The van der Waals surface area contributed by atoms with E-state index in [0.717, 1.165) is 27.8 Å². The van der Waals surface area contributed by atoms with Crippen LogP contribution in [0.5, 0.6) is 5.75 Å². The van der Waals surface area contributed by atoms with Crippen LogP contribution >= 0.6 is 15.9 Å². The third kappa shape index (κ3) is 6.65. The molecule has 2 aliphatic rings. The summed E-state index contributed by atoms with van der Waals surface area (Å²) < 4.78 is 6.97. The second kappa shape index (κ2) is 11.4. The number of benzene rings is 1. The van der Waals surface area contributed by atoms with Gasteiger partial charge < -0.3 is 20.3 Å². The Bertz CT molecular complexity index is 998. The molecular formula is C25H29BrN4O3. The Morgan fingerprint density at radius 2 is 2.21 bits per heavy atom. The van der Waals surface area contributed by atoms with Gasteiger partial charge in [0.2, 0.25) is 11.8 Å². The third-order valence-electron chi connectivity index (χ3n) is 6.15. The monoisotopic (exact) mass is 512 g/mol. The van der Waals surface area contributed by atoms with Gasteiger partial charge in [-0.15, -0.1) is 0 Å². The Labute approximate surface area is 202 Å². The van der Waals surface area contributed by atoms with Gasteiger partial charge in [0.25, 0.3) is 0 Å². The number of nitrogens with zero attached hydrogens (tertiary/aromatic N) is 2. The minimum absolute atomic E-state index is 0.0253. The smallest absolute Gasteiger partial charge is 0.236 e. The number of fused-ring (bicyclic) bond motifs is 3. The lowest BCUT2D eigenvalue weighted by molar-refractivity contribution is -0.132. The molecule has 1 aromatic heterocycles. The number of amides is 2. The number of ether oxygens (including phenoxy) is 1. The molecule has 2 aromatic rings. The summed E-state index contributed by atoms with van der Waals surface area (Å²) in [4.78, 5) is 31.4. The molecular weight excluding hydrogens is 484 g/mol. The van der Waals surface area contributed by atoms with E-state index in [0.29, 0.717) is 39.2 Å². The lowest BCUT2D eigenvalue weighted by Crippen LogP contribution is -2.47. The van der Waals surface area contributed by atoms with Crippen molar-refractivity contribution in [3.63, 3.8) is 0 Å². The predicted molar refractivity (Wildman–Crippen MR) is 129 cm³/mol. The Morgan fingerprint density at radius 1 is 1.30 bits per heavy atom. The second-order valence-corrected chi connectivity index (χ2v) is 9.40. The zero-order valence-corrected chi connectivity index (χ0v) is 20.1. The number of aromatic nitrogens is 1. The van der Waals surface area contributed by atoms with Crippen LogP contribution in [0.4, 0.5) is 0 Å². The first-order valence-electron chi connectivity index (χ1n) is 11.3. The fourth-order valence-electron chi connectivity index (χ4n) is 4.35. The van der Waals surface area contributed by atoms with Crippen molar-refractivity contribution in [3.8, 4) is 5.75 Å². The first-order chi connectivity index (χ1) is 16.1. The molecule has 2 bridgehead atoms. The van der Waals surface area contributed by atoms with Crippen LogP contribution in [0.1, 0.15) is 24.0 Å². The highest BCUT2D eigenvalue weighted by molar-refractivity contribution is 9.10. The zero-order valence-electron chi connectivity index (χ0n) is 18.5. The molecule has 1 saturated heterocycles. The Balaban J connectivity index is 1.41. The van der Waals surface area contributed by atoms with Crippen LogP contribution < -0.4 is 15.4 Å². The molecule has 4 rings (SSSR count). The van der Waals surface area contributed by atoms with Gasteiger partial charge in [0, 0.05) is 55.0 Å². The Hall–Kier alpha value is -2.71. The van der Waals surface area contributed by atoms with Crippen LogP contribution in [-0.2, 0) is 22.7 Å². The van der Waals surface area contributed by atoms with Gasteiger partial charge in [-0.25, -0.2) is 0 Å². The highest BCUT2D eigenvalue weighted by Crippen LogP contribution is 2.29. The second-order valence-electron chi connectivity index (χ2n) is 8.49. The zero-order chi connectivity index (χ0) is 23.0. The van der Waals surface area contributed by atoms with Crippen molar-refractivity contribution in [1.82, 2.24) is 20.5 Å². The number of hydrogen-bond acceptors (Lipinski definition) is 5. The summed E-state index contributed by atoms with van der Waals surface area (Å²) in [6, 6.07) is 9.70. The molecule has 2 atom stereocenters. The summed E-state index contributed by atoms with van der Waals surface area (Å²) in [5.74, 6) is 1.21. The summed E-state index contributed by atoms with van der Waals surface area (Å²) >= 11 is 3.50. The van der Waals surface area contributed by atoms with Crippen molar-refractivity contribution < 1.29 is 14.3 Å². The van der Waals surface area contributed by atoms with Crippen molar-refractivity contribution >= 4 is 27.7 Å². The molecule has 7 nitrogen and oxygen atoms in total. The molecule has 2 amide bonds. The summed E-state index contributed by atoms with van der Waals surface area (Å²) in [5.41, 5.74) is 1.98. The highest BCUT2D eigenvalue weighted by Gasteiger charge is 2.31. The van der Waals surface area contributed by atoms with Gasteiger partial charge in [-0.1, -0.05) is 34.1 Å². The predicted octanol–water partition coefficient (Wildman–Crippen LogP) is 3.05. The number of halogens is 1. The first kappa shape index (κ1) is 23.4. The van der Waals surface area contributed by atoms with Crippen molar-refractivity contribution in [2.75, 3.05) is 26.2 Å². The van der Waals surface area contributed by atoms with E-state index in [-0.39, 0.29) is 30.2 Å².